The van der Waals surface area contributed by atoms with Crippen molar-refractivity contribution in [3.05, 3.63) is 0 Å². The molecule has 6 heteroatoms. The number of nitrogens with one attached hydrogen (secondary N) is 1. The van der Waals surface area contributed by atoms with Gasteiger partial charge in [0.05, 0.1) is 6.61 Å². The highest BCUT2D eigenvalue weighted by Crippen LogP contribution is 2.12. The lowest BCUT2D eigenvalue weighted by molar-refractivity contribution is -0.187. The molecule has 1 rings (SSSR count). The summed E-state index contributed by atoms with van der Waals surface area (Å²) < 4.78 is 0. The van der Waals surface area contributed by atoms with Crippen molar-refractivity contribution in [2.45, 2.75) is 44.9 Å². The molecular formula is C13H24N2O4. The van der Waals surface area contributed by atoms with Gasteiger partial charge in [0.25, 0.3) is 11.8 Å². The predicted octanol–water partition coefficient (Wildman–Crippen LogP) is 0.599. The monoisotopic (exact) mass is 272 g/mol. The van der Waals surface area contributed by atoms with Gasteiger partial charge in [0.15, 0.2) is 0 Å². The molecule has 1 fully saturated rings. The van der Waals surface area contributed by atoms with Crippen LogP contribution in [0.5, 0.6) is 0 Å². The van der Waals surface area contributed by atoms with Crippen molar-refractivity contribution in [1.29, 1.82) is 0 Å². The van der Waals surface area contributed by atoms with Crippen molar-refractivity contribution in [3.8, 4) is 0 Å². The number of unbranched alkanes of at least 4 members (excludes halogenated alkanes) is 3. The maximum atomic E-state index is 11.2. The van der Waals surface area contributed by atoms with Crippen LogP contribution in [-0.2, 0) is 14.4 Å². The van der Waals surface area contributed by atoms with Gasteiger partial charge in [0, 0.05) is 19.4 Å². The molecular weight excluding hydrogens is 248 g/mol. The third-order valence-electron chi connectivity index (χ3n) is 2.99. The summed E-state index contributed by atoms with van der Waals surface area (Å²) in [5, 5.41) is 12.8. The van der Waals surface area contributed by atoms with Crippen LogP contribution in [0.15, 0.2) is 0 Å². The van der Waals surface area contributed by atoms with Gasteiger partial charge >= 0.3 is 0 Å². The molecule has 0 spiro atoms. The van der Waals surface area contributed by atoms with Crippen molar-refractivity contribution in [2.75, 3.05) is 26.3 Å². The number of hydrogen-bond donors (Lipinski definition) is 2. The summed E-state index contributed by atoms with van der Waals surface area (Å²) >= 11 is 0. The van der Waals surface area contributed by atoms with E-state index in [1.807, 2.05) is 0 Å². The van der Waals surface area contributed by atoms with Crippen LogP contribution in [0.2, 0.25) is 0 Å². The number of aliphatic hydroxyl groups is 1. The first kappa shape index (κ1) is 16.1. The Morgan fingerprint density at radius 3 is 2.26 bits per heavy atom. The molecule has 6 nitrogen and oxygen atoms in total. The summed E-state index contributed by atoms with van der Waals surface area (Å²) in [4.78, 5) is 27.6. The smallest absolute Gasteiger partial charge is 0.253 e. The van der Waals surface area contributed by atoms with E-state index in [2.05, 4.69) is 5.32 Å². The van der Waals surface area contributed by atoms with Crippen LogP contribution < -0.4 is 5.32 Å². The van der Waals surface area contributed by atoms with Crippen molar-refractivity contribution >= 4 is 11.8 Å². The van der Waals surface area contributed by atoms with Crippen LogP contribution >= 0.6 is 0 Å². The molecule has 0 bridgehead atoms. The van der Waals surface area contributed by atoms with Gasteiger partial charge in [-0.3, -0.25) is 14.4 Å². The average molecular weight is 272 g/mol. The second-order valence-electron chi connectivity index (χ2n) is 4.66. The zero-order chi connectivity index (χ0) is 13.9. The number of hydrogen-bond acceptors (Lipinski definition) is 5. The van der Waals surface area contributed by atoms with Crippen molar-refractivity contribution < 1.29 is 19.5 Å². The Bertz CT molecular complexity index is 268. The number of aliphatic hydroxyl groups excluding tert-OH is 1. The van der Waals surface area contributed by atoms with Gasteiger partial charge in [-0.1, -0.05) is 0 Å². The average Bonchev–Trinajstić information content (AvgIpc) is 2.72. The number of carbonyl (C=O) groups is 2. The molecule has 0 saturated carbocycles. The lowest BCUT2D eigenvalue weighted by Crippen LogP contribution is -2.29. The minimum atomic E-state index is -0.226. The summed E-state index contributed by atoms with van der Waals surface area (Å²) in [5.41, 5.74) is 0. The van der Waals surface area contributed by atoms with Crippen LogP contribution in [0.3, 0.4) is 0 Å². The summed E-state index contributed by atoms with van der Waals surface area (Å²) in [5.74, 6) is -0.453. The Hall–Kier alpha value is -0.980. The standard InChI is InChI=1S/C13H24N2O4/c16-10-4-3-9-14-8-2-1-5-11-19-15-12(17)6-7-13(15)18/h14,16H,1-11H2. The number of nitrogens with zero attached hydrogens (tertiary/aromatic N) is 1. The largest absolute Gasteiger partial charge is 0.396 e. The third kappa shape index (κ3) is 6.66. The molecule has 0 aromatic carbocycles. The fourth-order valence-corrected chi connectivity index (χ4v) is 1.87. The first-order valence-electron chi connectivity index (χ1n) is 7.06. The minimum Gasteiger partial charge on any atom is -0.396 e. The molecule has 1 aliphatic heterocycles. The highest BCUT2D eigenvalue weighted by Gasteiger charge is 2.29. The lowest BCUT2D eigenvalue weighted by atomic mass is 10.2. The van der Waals surface area contributed by atoms with Gasteiger partial charge < -0.3 is 10.4 Å². The van der Waals surface area contributed by atoms with Crippen molar-refractivity contribution in [2.24, 2.45) is 0 Å². The van der Waals surface area contributed by atoms with Crippen molar-refractivity contribution in [1.82, 2.24) is 10.4 Å². The van der Waals surface area contributed by atoms with Crippen LogP contribution in [0.4, 0.5) is 0 Å². The number of carbonyl (C=O) groups excluding carboxylic acids is 2. The van der Waals surface area contributed by atoms with E-state index in [1.54, 1.807) is 0 Å². The van der Waals surface area contributed by atoms with Crippen LogP contribution in [-0.4, -0.2) is 48.3 Å². The topological polar surface area (TPSA) is 78.9 Å². The highest BCUT2D eigenvalue weighted by molar-refractivity contribution is 6.00. The Kier molecular flexibility index (Phi) is 8.36. The van der Waals surface area contributed by atoms with E-state index in [-0.39, 0.29) is 31.3 Å². The van der Waals surface area contributed by atoms with Crippen LogP contribution in [0.1, 0.15) is 44.9 Å². The fraction of sp³-hybridized carbons (Fsp3) is 0.846. The van der Waals surface area contributed by atoms with E-state index < -0.39 is 0 Å². The normalized spacial score (nSPS) is 15.5. The number of rotatable bonds is 11. The second-order valence-corrected chi connectivity index (χ2v) is 4.66. The maximum absolute atomic E-state index is 11.2. The number of amides is 2. The third-order valence-corrected chi connectivity index (χ3v) is 2.99. The highest BCUT2D eigenvalue weighted by atomic mass is 16.7. The molecule has 0 radical (unpaired) electrons. The van der Waals surface area contributed by atoms with Gasteiger partial charge in [-0.15, -0.1) is 0 Å². The van der Waals surface area contributed by atoms with Crippen LogP contribution in [0.25, 0.3) is 0 Å². The molecule has 2 amide bonds. The molecule has 0 aliphatic carbocycles. The van der Waals surface area contributed by atoms with E-state index in [0.717, 1.165) is 50.3 Å². The zero-order valence-corrected chi connectivity index (χ0v) is 11.4. The van der Waals surface area contributed by atoms with Gasteiger partial charge in [0.2, 0.25) is 0 Å². The van der Waals surface area contributed by atoms with Crippen molar-refractivity contribution in [3.63, 3.8) is 0 Å². The molecule has 19 heavy (non-hydrogen) atoms. The minimum absolute atomic E-state index is 0.226. The maximum Gasteiger partial charge on any atom is 0.253 e. The molecule has 0 unspecified atom stereocenters. The number of hydroxylamine groups is 2. The molecule has 1 aliphatic rings. The van der Waals surface area contributed by atoms with E-state index in [1.165, 1.54) is 0 Å². The van der Waals surface area contributed by atoms with Gasteiger partial charge in [-0.25, -0.2) is 0 Å². The Morgan fingerprint density at radius 1 is 1.00 bits per heavy atom. The summed E-state index contributed by atoms with van der Waals surface area (Å²) in [7, 11) is 0. The molecule has 2 N–H and O–H groups in total. The molecule has 1 heterocycles. The van der Waals surface area contributed by atoms with E-state index in [9.17, 15) is 9.59 Å². The van der Waals surface area contributed by atoms with E-state index in [4.69, 9.17) is 9.94 Å². The summed E-state index contributed by atoms with van der Waals surface area (Å²) in [6, 6.07) is 0. The second kappa shape index (κ2) is 9.89. The molecule has 0 aromatic heterocycles. The SMILES string of the molecule is O=C1CCC(=O)N1OCCCCCNCCCCO. The summed E-state index contributed by atoms with van der Waals surface area (Å²) in [6.45, 7) is 2.57. The summed E-state index contributed by atoms with van der Waals surface area (Å²) in [6.07, 6.45) is 5.29. The predicted molar refractivity (Wildman–Crippen MR) is 70.1 cm³/mol. The molecule has 1 saturated heterocycles. The van der Waals surface area contributed by atoms with Gasteiger partial charge in [0.1, 0.15) is 0 Å². The van der Waals surface area contributed by atoms with Crippen LogP contribution in [0, 0.1) is 0 Å². The Balaban J connectivity index is 1.86. The van der Waals surface area contributed by atoms with E-state index in [0.29, 0.717) is 6.61 Å². The van der Waals surface area contributed by atoms with Gasteiger partial charge in [-0.2, -0.15) is 5.06 Å². The first-order chi connectivity index (χ1) is 9.25. The van der Waals surface area contributed by atoms with E-state index >= 15 is 0 Å². The van der Waals surface area contributed by atoms with Gasteiger partial charge in [-0.05, 0) is 45.2 Å². The Morgan fingerprint density at radius 2 is 1.63 bits per heavy atom. The Labute approximate surface area is 114 Å². The lowest BCUT2D eigenvalue weighted by Gasteiger charge is -2.12. The molecule has 0 atom stereocenters. The zero-order valence-electron chi connectivity index (χ0n) is 11.4. The quantitative estimate of drug-likeness (QED) is 0.425. The molecule has 110 valence electrons. The number of imide groups is 1. The first-order valence-corrected chi connectivity index (χ1v) is 7.06. The molecule has 0 aromatic rings. The fourth-order valence-electron chi connectivity index (χ4n) is 1.87.